The minimum atomic E-state index is -0.251. The van der Waals surface area contributed by atoms with Crippen LogP contribution < -0.4 is 10.2 Å². The first-order valence-corrected chi connectivity index (χ1v) is 8.54. The van der Waals surface area contributed by atoms with Crippen molar-refractivity contribution in [3.63, 3.8) is 0 Å². The number of nitrogens with one attached hydrogen (secondary N) is 1. The zero-order chi connectivity index (χ0) is 18.8. The Bertz CT molecular complexity index is 1000. The summed E-state index contributed by atoms with van der Waals surface area (Å²) in [4.78, 5) is 34.7. The normalized spacial score (nSPS) is 12.7. The molecule has 1 N–H and O–H groups in total. The van der Waals surface area contributed by atoms with Gasteiger partial charge in [-0.1, -0.05) is 11.2 Å². The van der Waals surface area contributed by atoms with Crippen molar-refractivity contribution in [3.05, 3.63) is 65.6 Å². The first kappa shape index (κ1) is 16.9. The second kappa shape index (κ2) is 6.99. The monoisotopic (exact) mass is 363 g/mol. The van der Waals surface area contributed by atoms with Crippen molar-refractivity contribution in [2.24, 2.45) is 0 Å². The van der Waals surface area contributed by atoms with Gasteiger partial charge in [0.25, 0.3) is 5.91 Å². The lowest BCUT2D eigenvalue weighted by molar-refractivity contribution is -0.115. The number of benzene rings is 1. The Hall–Kier alpha value is -3.55. The Morgan fingerprint density at radius 1 is 1.30 bits per heavy atom. The molecule has 0 atom stereocenters. The summed E-state index contributed by atoms with van der Waals surface area (Å²) >= 11 is 0. The smallest absolute Gasteiger partial charge is 0.259 e. The second-order valence-corrected chi connectivity index (χ2v) is 6.25. The zero-order valence-corrected chi connectivity index (χ0v) is 14.7. The molecule has 0 saturated carbocycles. The molecule has 0 aliphatic carbocycles. The molecule has 3 aromatic rings. The molecule has 2 aromatic heterocycles. The molecule has 0 fully saturated rings. The number of hydrogen-bond acceptors (Lipinski definition) is 6. The summed E-state index contributed by atoms with van der Waals surface area (Å²) in [5.74, 6) is 0.394. The van der Waals surface area contributed by atoms with Gasteiger partial charge in [-0.05, 0) is 36.2 Å². The highest BCUT2D eigenvalue weighted by Crippen LogP contribution is 2.32. The van der Waals surface area contributed by atoms with Crippen molar-refractivity contribution in [1.82, 2.24) is 15.1 Å². The van der Waals surface area contributed by atoms with Gasteiger partial charge in [-0.15, -0.1) is 0 Å². The standard InChI is InChI=1S/C19H17N5O3/c1-12-21-17(23-27-12)10-18(25)22-15-5-4-13-6-8-24(16(13)9-15)19(26)14-3-2-7-20-11-14/h2-5,7,9,11H,6,8,10H2,1H3,(H,22,25). The number of anilines is 2. The fourth-order valence-corrected chi connectivity index (χ4v) is 3.07. The molecule has 2 amide bonds. The SMILES string of the molecule is Cc1nc(CC(=O)Nc2ccc3c(c2)N(C(=O)c2cccnc2)CC3)no1. The number of rotatable bonds is 4. The third-order valence-electron chi connectivity index (χ3n) is 4.31. The van der Waals surface area contributed by atoms with E-state index in [9.17, 15) is 9.59 Å². The quantitative estimate of drug-likeness (QED) is 0.762. The molecule has 8 nitrogen and oxygen atoms in total. The van der Waals surface area contributed by atoms with E-state index < -0.39 is 0 Å². The van der Waals surface area contributed by atoms with Crippen LogP contribution in [0.3, 0.4) is 0 Å². The third kappa shape index (κ3) is 3.55. The van der Waals surface area contributed by atoms with Gasteiger partial charge in [0, 0.05) is 37.2 Å². The summed E-state index contributed by atoms with van der Waals surface area (Å²) in [7, 11) is 0. The van der Waals surface area contributed by atoms with Gasteiger partial charge in [-0.3, -0.25) is 14.6 Å². The van der Waals surface area contributed by atoms with Crippen molar-refractivity contribution in [1.29, 1.82) is 0 Å². The van der Waals surface area contributed by atoms with Crippen LogP contribution in [0, 0.1) is 6.92 Å². The summed E-state index contributed by atoms with van der Waals surface area (Å²) in [5.41, 5.74) is 3.02. The first-order valence-electron chi connectivity index (χ1n) is 8.54. The van der Waals surface area contributed by atoms with E-state index in [1.165, 1.54) is 0 Å². The Kier molecular flexibility index (Phi) is 4.37. The number of fused-ring (bicyclic) bond motifs is 1. The minimum Gasteiger partial charge on any atom is -0.340 e. The van der Waals surface area contributed by atoms with Gasteiger partial charge < -0.3 is 14.7 Å². The molecule has 3 heterocycles. The van der Waals surface area contributed by atoms with Crippen molar-refractivity contribution in [2.75, 3.05) is 16.8 Å². The molecule has 1 aliphatic heterocycles. The molecule has 0 bridgehead atoms. The highest BCUT2D eigenvalue weighted by Gasteiger charge is 2.26. The predicted molar refractivity (Wildman–Crippen MR) is 97.4 cm³/mol. The van der Waals surface area contributed by atoms with Crippen LogP contribution in [-0.4, -0.2) is 33.5 Å². The summed E-state index contributed by atoms with van der Waals surface area (Å²) in [6.07, 6.45) is 3.98. The summed E-state index contributed by atoms with van der Waals surface area (Å²) in [6, 6.07) is 9.05. The maximum absolute atomic E-state index is 12.8. The van der Waals surface area contributed by atoms with Crippen molar-refractivity contribution >= 4 is 23.2 Å². The number of amides is 2. The van der Waals surface area contributed by atoms with Gasteiger partial charge in [-0.2, -0.15) is 4.98 Å². The van der Waals surface area contributed by atoms with Crippen LogP contribution in [0.15, 0.2) is 47.2 Å². The molecule has 0 radical (unpaired) electrons. The Morgan fingerprint density at radius 2 is 2.19 bits per heavy atom. The van der Waals surface area contributed by atoms with Crippen LogP contribution >= 0.6 is 0 Å². The average molecular weight is 363 g/mol. The van der Waals surface area contributed by atoms with Gasteiger partial charge >= 0.3 is 0 Å². The van der Waals surface area contributed by atoms with Crippen molar-refractivity contribution in [3.8, 4) is 0 Å². The van der Waals surface area contributed by atoms with Crippen LogP contribution in [0.1, 0.15) is 27.6 Å². The van der Waals surface area contributed by atoms with E-state index in [2.05, 4.69) is 20.4 Å². The lowest BCUT2D eigenvalue weighted by Crippen LogP contribution is -2.29. The van der Waals surface area contributed by atoms with Crippen LogP contribution in [0.2, 0.25) is 0 Å². The molecule has 27 heavy (non-hydrogen) atoms. The van der Waals surface area contributed by atoms with E-state index in [1.807, 2.05) is 18.2 Å². The Labute approximate surface area is 155 Å². The van der Waals surface area contributed by atoms with Gasteiger partial charge in [0.2, 0.25) is 11.8 Å². The summed E-state index contributed by atoms with van der Waals surface area (Å²) in [6.45, 7) is 2.27. The van der Waals surface area contributed by atoms with Crippen LogP contribution in [0.4, 0.5) is 11.4 Å². The van der Waals surface area contributed by atoms with E-state index in [1.54, 1.807) is 36.4 Å². The summed E-state index contributed by atoms with van der Waals surface area (Å²) < 4.78 is 4.87. The molecule has 8 heteroatoms. The lowest BCUT2D eigenvalue weighted by Gasteiger charge is -2.18. The Balaban J connectivity index is 1.51. The Morgan fingerprint density at radius 3 is 2.93 bits per heavy atom. The van der Waals surface area contributed by atoms with Crippen molar-refractivity contribution in [2.45, 2.75) is 19.8 Å². The van der Waals surface area contributed by atoms with Crippen LogP contribution in [-0.2, 0) is 17.6 Å². The van der Waals surface area contributed by atoms with Gasteiger partial charge in [0.1, 0.15) is 0 Å². The van der Waals surface area contributed by atoms with Gasteiger partial charge in [0.15, 0.2) is 5.82 Å². The van der Waals surface area contributed by atoms with Gasteiger partial charge in [0.05, 0.1) is 12.0 Å². The molecule has 0 spiro atoms. The molecule has 1 aromatic carbocycles. The number of hydrogen-bond donors (Lipinski definition) is 1. The highest BCUT2D eigenvalue weighted by atomic mass is 16.5. The summed E-state index contributed by atoms with van der Waals surface area (Å²) in [5, 5.41) is 6.54. The van der Waals surface area contributed by atoms with Crippen LogP contribution in [0.5, 0.6) is 0 Å². The van der Waals surface area contributed by atoms with E-state index in [4.69, 9.17) is 4.52 Å². The van der Waals surface area contributed by atoms with E-state index in [0.717, 1.165) is 17.7 Å². The number of aromatic nitrogens is 3. The van der Waals surface area contributed by atoms with Gasteiger partial charge in [-0.25, -0.2) is 0 Å². The topological polar surface area (TPSA) is 101 Å². The third-order valence-corrected chi connectivity index (χ3v) is 4.31. The maximum Gasteiger partial charge on any atom is 0.259 e. The number of nitrogens with zero attached hydrogens (tertiary/aromatic N) is 4. The highest BCUT2D eigenvalue weighted by molar-refractivity contribution is 6.07. The molecule has 1 aliphatic rings. The van der Waals surface area contributed by atoms with E-state index in [0.29, 0.717) is 29.5 Å². The number of pyridine rings is 1. The fraction of sp³-hybridized carbons (Fsp3) is 0.211. The lowest BCUT2D eigenvalue weighted by atomic mass is 10.1. The largest absolute Gasteiger partial charge is 0.340 e. The van der Waals surface area contributed by atoms with Crippen LogP contribution in [0.25, 0.3) is 0 Å². The molecule has 0 unspecified atom stereocenters. The molecular weight excluding hydrogens is 346 g/mol. The fourth-order valence-electron chi connectivity index (χ4n) is 3.07. The van der Waals surface area contributed by atoms with E-state index >= 15 is 0 Å². The predicted octanol–water partition coefficient (Wildman–Crippen LogP) is 2.16. The maximum atomic E-state index is 12.8. The van der Waals surface area contributed by atoms with Crippen molar-refractivity contribution < 1.29 is 14.1 Å². The molecule has 136 valence electrons. The average Bonchev–Trinajstić information content (AvgIpc) is 3.27. The zero-order valence-electron chi connectivity index (χ0n) is 14.7. The molecule has 4 rings (SSSR count). The number of carbonyl (C=O) groups excluding carboxylic acids is 2. The molecular formula is C19H17N5O3. The number of aryl methyl sites for hydroxylation is 1. The minimum absolute atomic E-state index is 0.0206. The number of carbonyl (C=O) groups is 2. The first-order chi connectivity index (χ1) is 13.1. The molecule has 0 saturated heterocycles. The second-order valence-electron chi connectivity index (χ2n) is 6.25. The van der Waals surface area contributed by atoms with E-state index in [-0.39, 0.29) is 18.2 Å².